The fourth-order valence-corrected chi connectivity index (χ4v) is 3.43. The molecule has 0 aromatic carbocycles. The average molecular weight is 308 g/mol. The quantitative estimate of drug-likeness (QED) is 0.864. The molecule has 6 heteroatoms. The second kappa shape index (κ2) is 6.87. The molecule has 0 spiro atoms. The van der Waals surface area contributed by atoms with Gasteiger partial charge in [0.25, 0.3) is 5.91 Å². The van der Waals surface area contributed by atoms with E-state index in [0.717, 1.165) is 25.7 Å². The fourth-order valence-electron chi connectivity index (χ4n) is 2.58. The Balaban J connectivity index is 2.11. The van der Waals surface area contributed by atoms with E-state index in [1.54, 1.807) is 6.07 Å². The molecular formula is C15H20N2O3S. The molecule has 0 aliphatic carbocycles. The van der Waals surface area contributed by atoms with Gasteiger partial charge in [-0.15, -0.1) is 11.3 Å². The number of hydrogen-bond donors (Lipinski definition) is 1. The zero-order chi connectivity index (χ0) is 15.4. The number of carbonyl (C=O) groups is 2. The summed E-state index contributed by atoms with van der Waals surface area (Å²) in [7, 11) is 0. The van der Waals surface area contributed by atoms with Crippen molar-refractivity contribution in [1.29, 1.82) is 0 Å². The van der Waals surface area contributed by atoms with Crippen molar-refractivity contribution in [3.05, 3.63) is 28.0 Å². The van der Waals surface area contributed by atoms with Crippen molar-refractivity contribution in [3.8, 4) is 0 Å². The van der Waals surface area contributed by atoms with Gasteiger partial charge in [0.2, 0.25) is 0 Å². The van der Waals surface area contributed by atoms with Gasteiger partial charge in [0.05, 0.1) is 4.88 Å². The first kappa shape index (κ1) is 15.7. The molecule has 1 atom stereocenters. The average Bonchev–Trinajstić information content (AvgIpc) is 2.92. The maximum Gasteiger partial charge on any atom is 0.328 e. The lowest BCUT2D eigenvalue weighted by Gasteiger charge is -2.39. The third kappa shape index (κ3) is 3.71. The van der Waals surface area contributed by atoms with Crippen LogP contribution in [0.25, 0.3) is 6.08 Å². The van der Waals surface area contributed by atoms with Crippen molar-refractivity contribution in [2.24, 2.45) is 0 Å². The number of carbonyl (C=O) groups excluding carboxylic acids is 1. The van der Waals surface area contributed by atoms with Crippen LogP contribution in [0.15, 0.2) is 17.5 Å². The van der Waals surface area contributed by atoms with E-state index >= 15 is 0 Å². The van der Waals surface area contributed by atoms with E-state index in [1.165, 1.54) is 17.4 Å². The Morgan fingerprint density at radius 2 is 2.24 bits per heavy atom. The maximum absolute atomic E-state index is 12.6. The number of piperazine rings is 1. The van der Waals surface area contributed by atoms with Crippen molar-refractivity contribution in [2.75, 3.05) is 26.2 Å². The molecule has 1 N–H and O–H groups in total. The highest BCUT2D eigenvalue weighted by molar-refractivity contribution is 7.12. The third-order valence-electron chi connectivity index (χ3n) is 3.75. The third-order valence-corrected chi connectivity index (χ3v) is 4.67. The van der Waals surface area contributed by atoms with Gasteiger partial charge in [-0.05, 0) is 36.6 Å². The highest BCUT2D eigenvalue weighted by atomic mass is 32.1. The summed E-state index contributed by atoms with van der Waals surface area (Å²) in [6.07, 6.45) is 2.55. The number of aliphatic carboxylic acids is 1. The number of hydrogen-bond acceptors (Lipinski definition) is 4. The lowest BCUT2D eigenvalue weighted by atomic mass is 10.1. The summed E-state index contributed by atoms with van der Waals surface area (Å²) < 4.78 is 0. The topological polar surface area (TPSA) is 60.9 Å². The molecular weight excluding hydrogens is 288 g/mol. The zero-order valence-corrected chi connectivity index (χ0v) is 13.1. The molecule has 1 amide bonds. The van der Waals surface area contributed by atoms with Crippen LogP contribution in [-0.2, 0) is 4.79 Å². The molecule has 1 aromatic rings. The van der Waals surface area contributed by atoms with Gasteiger partial charge in [0.15, 0.2) is 0 Å². The van der Waals surface area contributed by atoms with E-state index in [-0.39, 0.29) is 5.91 Å². The van der Waals surface area contributed by atoms with E-state index in [0.29, 0.717) is 23.0 Å². The number of amides is 1. The fraction of sp³-hybridized carbons (Fsp3) is 0.467. The van der Waals surface area contributed by atoms with Crippen LogP contribution in [0.3, 0.4) is 0 Å². The Labute approximate surface area is 128 Å². The van der Waals surface area contributed by atoms with Gasteiger partial charge in [-0.2, -0.15) is 0 Å². The summed E-state index contributed by atoms with van der Waals surface area (Å²) in [5, 5.41) is 10.5. The molecule has 2 rings (SSSR count). The van der Waals surface area contributed by atoms with Crippen LogP contribution < -0.4 is 0 Å². The summed E-state index contributed by atoms with van der Waals surface area (Å²) in [4.78, 5) is 28.0. The zero-order valence-electron chi connectivity index (χ0n) is 12.3. The van der Waals surface area contributed by atoms with Gasteiger partial charge in [-0.3, -0.25) is 9.69 Å². The Morgan fingerprint density at radius 1 is 1.48 bits per heavy atom. The smallest absolute Gasteiger partial charge is 0.328 e. The van der Waals surface area contributed by atoms with Crippen molar-refractivity contribution < 1.29 is 14.7 Å². The van der Waals surface area contributed by atoms with Crippen LogP contribution in [0, 0.1) is 0 Å². The van der Waals surface area contributed by atoms with Gasteiger partial charge in [-0.1, -0.05) is 6.92 Å². The second-order valence-corrected chi connectivity index (χ2v) is 6.02. The van der Waals surface area contributed by atoms with Gasteiger partial charge in [0.1, 0.15) is 0 Å². The van der Waals surface area contributed by atoms with E-state index < -0.39 is 5.97 Å². The molecule has 5 nitrogen and oxygen atoms in total. The number of likely N-dealkylation sites (N-methyl/N-ethyl adjacent to an activating group) is 1. The lowest BCUT2D eigenvalue weighted by Crippen LogP contribution is -2.53. The number of thiophene rings is 1. The monoisotopic (exact) mass is 308 g/mol. The minimum atomic E-state index is -1.01. The van der Waals surface area contributed by atoms with Crippen LogP contribution in [0.2, 0.25) is 0 Å². The van der Waals surface area contributed by atoms with Crippen molar-refractivity contribution in [3.63, 3.8) is 0 Å². The molecule has 1 aliphatic rings. The van der Waals surface area contributed by atoms with Crippen molar-refractivity contribution in [1.82, 2.24) is 9.80 Å². The summed E-state index contributed by atoms with van der Waals surface area (Å²) in [6.45, 7) is 7.57. The van der Waals surface area contributed by atoms with Crippen LogP contribution in [-0.4, -0.2) is 59.0 Å². The summed E-state index contributed by atoms with van der Waals surface area (Å²) in [5.41, 5.74) is 0.679. The summed E-state index contributed by atoms with van der Waals surface area (Å²) in [6, 6.07) is 2.13. The number of rotatable bonds is 4. The molecule has 0 radical (unpaired) electrons. The van der Waals surface area contributed by atoms with E-state index in [1.807, 2.05) is 10.3 Å². The molecule has 1 aliphatic heterocycles. The molecule has 114 valence electrons. The Kier molecular flexibility index (Phi) is 5.14. The highest BCUT2D eigenvalue weighted by Gasteiger charge is 2.27. The standard InChI is InChI=1S/C15H20N2O3S/c1-3-16-7-8-17(10-11(16)2)15(20)14-12(6-9-21-14)4-5-13(18)19/h4-6,9,11H,3,7-8,10H2,1-2H3,(H,18,19). The molecule has 1 unspecified atom stereocenters. The minimum Gasteiger partial charge on any atom is -0.478 e. The molecule has 0 bridgehead atoms. The predicted octanol–water partition coefficient (Wildman–Crippen LogP) is 2.01. The molecule has 0 saturated carbocycles. The Morgan fingerprint density at radius 3 is 2.86 bits per heavy atom. The van der Waals surface area contributed by atoms with Crippen LogP contribution >= 0.6 is 11.3 Å². The predicted molar refractivity (Wildman–Crippen MR) is 83.6 cm³/mol. The Hall–Kier alpha value is -1.66. The van der Waals surface area contributed by atoms with E-state index in [4.69, 9.17) is 5.11 Å². The first-order valence-electron chi connectivity index (χ1n) is 7.04. The summed E-state index contributed by atoms with van der Waals surface area (Å²) in [5.74, 6) is -1.01. The van der Waals surface area contributed by atoms with Gasteiger partial charge >= 0.3 is 5.97 Å². The molecule has 21 heavy (non-hydrogen) atoms. The highest BCUT2D eigenvalue weighted by Crippen LogP contribution is 2.22. The van der Waals surface area contributed by atoms with Crippen molar-refractivity contribution in [2.45, 2.75) is 19.9 Å². The van der Waals surface area contributed by atoms with E-state index in [2.05, 4.69) is 18.7 Å². The largest absolute Gasteiger partial charge is 0.478 e. The Bertz CT molecular complexity index is 553. The number of nitrogens with zero attached hydrogens (tertiary/aromatic N) is 2. The normalized spacial score (nSPS) is 20.1. The SMILES string of the molecule is CCN1CCN(C(=O)c2sccc2C=CC(=O)O)CC1C. The number of carboxylic acid groups (broad SMARTS) is 1. The van der Waals surface area contributed by atoms with Crippen LogP contribution in [0.1, 0.15) is 29.1 Å². The molecule has 1 fully saturated rings. The molecule has 1 aromatic heterocycles. The van der Waals surface area contributed by atoms with E-state index in [9.17, 15) is 9.59 Å². The van der Waals surface area contributed by atoms with Crippen molar-refractivity contribution >= 4 is 29.3 Å². The second-order valence-electron chi connectivity index (χ2n) is 5.11. The van der Waals surface area contributed by atoms with Crippen LogP contribution in [0.5, 0.6) is 0 Å². The minimum absolute atomic E-state index is 0.00218. The summed E-state index contributed by atoms with van der Waals surface area (Å²) >= 11 is 1.36. The molecule has 1 saturated heterocycles. The number of carboxylic acids is 1. The molecule has 2 heterocycles. The van der Waals surface area contributed by atoms with Gasteiger partial charge in [-0.25, -0.2) is 4.79 Å². The first-order valence-corrected chi connectivity index (χ1v) is 7.92. The first-order chi connectivity index (χ1) is 10.0. The van der Waals surface area contributed by atoms with Gasteiger partial charge in [0, 0.05) is 31.8 Å². The van der Waals surface area contributed by atoms with Crippen LogP contribution in [0.4, 0.5) is 0 Å². The maximum atomic E-state index is 12.6. The van der Waals surface area contributed by atoms with Gasteiger partial charge < -0.3 is 10.0 Å². The lowest BCUT2D eigenvalue weighted by molar-refractivity contribution is -0.131.